The monoisotopic (exact) mass is 566 g/mol. The van der Waals surface area contributed by atoms with Crippen LogP contribution in [0.5, 0.6) is 11.5 Å². The van der Waals surface area contributed by atoms with Gasteiger partial charge in [0.2, 0.25) is 0 Å². The number of morpholine rings is 1. The fourth-order valence-electron chi connectivity index (χ4n) is 7.15. The van der Waals surface area contributed by atoms with Crippen molar-refractivity contribution in [2.45, 2.75) is 49.6 Å². The number of hydrogen-bond donors (Lipinski definition) is 2. The van der Waals surface area contributed by atoms with E-state index in [1.165, 1.54) is 18.4 Å². The third-order valence-corrected chi connectivity index (χ3v) is 9.41. The molecule has 9 nitrogen and oxygen atoms in total. The average Bonchev–Trinajstić information content (AvgIpc) is 3.44. The summed E-state index contributed by atoms with van der Waals surface area (Å²) in [4.78, 5) is 19.9. The summed E-state index contributed by atoms with van der Waals surface area (Å²) in [6.45, 7) is 3.82. The molecular formula is C33H38N6O3. The molecule has 0 amide bonds. The standard InChI is InChI=1S/C33H38N6O3/c1-40-28-8-3-23(19-29(28)41-2)33(22-10-13-34-14-11-22)12-9-27-26(20-33)30-31(35-21-36-32(30)38-27)37-24-4-6-25(7-5-24)39-15-17-42-18-16-39/h3,8-14,19,21,24-25H,4-7,15-18,20H2,1-2H3,(H2,35,36,37,38). The number of benzene rings is 1. The van der Waals surface area contributed by atoms with Crippen molar-refractivity contribution in [2.24, 2.45) is 0 Å². The number of methoxy groups -OCH3 is 2. The predicted molar refractivity (Wildman–Crippen MR) is 163 cm³/mol. The van der Waals surface area contributed by atoms with E-state index in [9.17, 15) is 0 Å². The van der Waals surface area contributed by atoms with Crippen molar-refractivity contribution in [3.8, 4) is 11.5 Å². The van der Waals surface area contributed by atoms with E-state index in [0.717, 1.165) is 79.2 Å². The molecule has 1 unspecified atom stereocenters. The normalized spacial score (nSPS) is 24.3. The van der Waals surface area contributed by atoms with E-state index < -0.39 is 5.41 Å². The molecule has 0 radical (unpaired) electrons. The number of nitrogens with zero attached hydrogens (tertiary/aromatic N) is 4. The van der Waals surface area contributed by atoms with Gasteiger partial charge < -0.3 is 24.5 Å². The van der Waals surface area contributed by atoms with Gasteiger partial charge in [-0.3, -0.25) is 9.88 Å². The Hall–Kier alpha value is -3.95. The minimum absolute atomic E-state index is 0.390. The molecule has 1 aromatic carbocycles. The van der Waals surface area contributed by atoms with E-state index in [0.29, 0.717) is 23.6 Å². The van der Waals surface area contributed by atoms with Gasteiger partial charge in [-0.25, -0.2) is 9.97 Å². The number of aromatic nitrogens is 4. The van der Waals surface area contributed by atoms with Crippen LogP contribution in [-0.2, 0) is 16.6 Å². The number of allylic oxidation sites excluding steroid dienone is 1. The molecule has 218 valence electrons. The number of anilines is 1. The Bertz CT molecular complexity index is 1570. The SMILES string of the molecule is COc1ccc(C2(c3ccncc3)C=Cc3[nH]c4ncnc(NC5CCC(N6CCOCC6)CC5)c4c3C2)cc1OC. The van der Waals surface area contributed by atoms with Crippen LogP contribution in [0.15, 0.2) is 55.1 Å². The van der Waals surface area contributed by atoms with Gasteiger partial charge in [-0.2, -0.15) is 0 Å². The number of H-pyrrole nitrogens is 1. The molecule has 9 heteroatoms. The van der Waals surface area contributed by atoms with Gasteiger partial charge in [0.25, 0.3) is 0 Å². The zero-order valence-electron chi connectivity index (χ0n) is 24.3. The molecule has 4 aromatic rings. The van der Waals surface area contributed by atoms with Gasteiger partial charge >= 0.3 is 0 Å². The van der Waals surface area contributed by atoms with Gasteiger partial charge in [0, 0.05) is 48.7 Å². The summed E-state index contributed by atoms with van der Waals surface area (Å²) in [7, 11) is 3.34. The van der Waals surface area contributed by atoms with Crippen molar-refractivity contribution < 1.29 is 14.2 Å². The topological polar surface area (TPSA) is 97.4 Å². The molecule has 7 rings (SSSR count). The second-order valence-electron chi connectivity index (χ2n) is 11.5. The van der Waals surface area contributed by atoms with Crippen LogP contribution >= 0.6 is 0 Å². The maximum Gasteiger partial charge on any atom is 0.161 e. The molecule has 2 N–H and O–H groups in total. The lowest BCUT2D eigenvalue weighted by Gasteiger charge is -2.39. The summed E-state index contributed by atoms with van der Waals surface area (Å²) in [5.74, 6) is 2.33. The number of fused-ring (bicyclic) bond motifs is 3. The smallest absolute Gasteiger partial charge is 0.161 e. The Morgan fingerprint density at radius 3 is 2.50 bits per heavy atom. The first-order valence-electron chi connectivity index (χ1n) is 14.9. The number of hydrogen-bond acceptors (Lipinski definition) is 8. The van der Waals surface area contributed by atoms with Crippen LogP contribution in [0, 0.1) is 0 Å². The number of pyridine rings is 1. The maximum absolute atomic E-state index is 5.72. The van der Waals surface area contributed by atoms with Gasteiger partial charge in [-0.1, -0.05) is 12.1 Å². The summed E-state index contributed by atoms with van der Waals surface area (Å²) >= 11 is 0. The fourth-order valence-corrected chi connectivity index (χ4v) is 7.15. The first-order valence-corrected chi connectivity index (χ1v) is 14.9. The van der Waals surface area contributed by atoms with Crippen LogP contribution in [0.4, 0.5) is 5.82 Å². The van der Waals surface area contributed by atoms with Crippen LogP contribution in [0.2, 0.25) is 0 Å². The van der Waals surface area contributed by atoms with E-state index in [4.69, 9.17) is 19.2 Å². The Kier molecular flexibility index (Phi) is 7.29. The highest BCUT2D eigenvalue weighted by Gasteiger charge is 2.38. The highest BCUT2D eigenvalue weighted by molar-refractivity contribution is 5.94. The van der Waals surface area contributed by atoms with E-state index in [-0.39, 0.29) is 0 Å². The molecule has 2 fully saturated rings. The van der Waals surface area contributed by atoms with Gasteiger partial charge in [0.05, 0.1) is 32.8 Å². The Labute approximate surface area is 246 Å². The summed E-state index contributed by atoms with van der Waals surface area (Å²) in [6.07, 6.45) is 15.3. The minimum atomic E-state index is -0.437. The molecule has 42 heavy (non-hydrogen) atoms. The van der Waals surface area contributed by atoms with Gasteiger partial charge in [0.1, 0.15) is 17.8 Å². The quantitative estimate of drug-likeness (QED) is 0.323. The zero-order valence-corrected chi connectivity index (χ0v) is 24.3. The molecule has 0 spiro atoms. The van der Waals surface area contributed by atoms with E-state index in [1.54, 1.807) is 20.5 Å². The lowest BCUT2D eigenvalue weighted by molar-refractivity contribution is 0.00791. The van der Waals surface area contributed by atoms with Crippen molar-refractivity contribution >= 4 is 22.9 Å². The molecule has 0 bridgehead atoms. The Morgan fingerprint density at radius 2 is 1.74 bits per heavy atom. The van der Waals surface area contributed by atoms with Crippen LogP contribution in [-0.4, -0.2) is 77.4 Å². The Morgan fingerprint density at radius 1 is 0.952 bits per heavy atom. The van der Waals surface area contributed by atoms with Crippen molar-refractivity contribution in [2.75, 3.05) is 45.8 Å². The van der Waals surface area contributed by atoms with E-state index in [1.807, 2.05) is 18.5 Å². The van der Waals surface area contributed by atoms with Crippen molar-refractivity contribution in [3.63, 3.8) is 0 Å². The van der Waals surface area contributed by atoms with E-state index in [2.05, 4.69) is 61.6 Å². The summed E-state index contributed by atoms with van der Waals surface area (Å²) in [6, 6.07) is 11.5. The van der Waals surface area contributed by atoms with E-state index >= 15 is 0 Å². The molecular weight excluding hydrogens is 528 g/mol. The van der Waals surface area contributed by atoms with Gasteiger partial charge in [-0.05, 0) is 79.1 Å². The predicted octanol–water partition coefficient (Wildman–Crippen LogP) is 4.98. The largest absolute Gasteiger partial charge is 0.493 e. The highest BCUT2D eigenvalue weighted by Crippen LogP contribution is 2.46. The van der Waals surface area contributed by atoms with Gasteiger partial charge in [0.15, 0.2) is 11.5 Å². The van der Waals surface area contributed by atoms with Crippen LogP contribution in [0.1, 0.15) is 48.1 Å². The van der Waals surface area contributed by atoms with Crippen molar-refractivity contribution in [3.05, 3.63) is 77.5 Å². The van der Waals surface area contributed by atoms with Crippen LogP contribution < -0.4 is 14.8 Å². The number of aromatic amines is 1. The second kappa shape index (κ2) is 11.4. The maximum atomic E-state index is 5.72. The van der Waals surface area contributed by atoms with Crippen LogP contribution in [0.25, 0.3) is 17.1 Å². The van der Waals surface area contributed by atoms with Crippen LogP contribution in [0.3, 0.4) is 0 Å². The summed E-state index contributed by atoms with van der Waals surface area (Å²) < 4.78 is 16.8. The van der Waals surface area contributed by atoms with Crippen molar-refractivity contribution in [1.29, 1.82) is 0 Å². The lowest BCUT2D eigenvalue weighted by Crippen LogP contribution is -2.46. The molecule has 1 aliphatic heterocycles. The lowest BCUT2D eigenvalue weighted by atomic mass is 9.68. The molecule has 3 aliphatic rings. The molecule has 2 aliphatic carbocycles. The second-order valence-corrected chi connectivity index (χ2v) is 11.5. The molecule has 1 saturated carbocycles. The first kappa shape index (κ1) is 26.9. The summed E-state index contributed by atoms with van der Waals surface area (Å²) in [5.41, 5.74) is 5.00. The molecule has 4 heterocycles. The fraction of sp³-hybridized carbons (Fsp3) is 0.424. The molecule has 1 atom stereocenters. The zero-order chi connectivity index (χ0) is 28.5. The van der Waals surface area contributed by atoms with Crippen molar-refractivity contribution in [1.82, 2.24) is 24.8 Å². The third kappa shape index (κ3) is 4.80. The Balaban J connectivity index is 1.22. The minimum Gasteiger partial charge on any atom is -0.493 e. The number of nitrogens with one attached hydrogen (secondary N) is 2. The van der Waals surface area contributed by atoms with Gasteiger partial charge in [-0.15, -0.1) is 0 Å². The molecule has 3 aromatic heterocycles. The average molecular weight is 567 g/mol. The highest BCUT2D eigenvalue weighted by atomic mass is 16.5. The number of rotatable bonds is 7. The third-order valence-electron chi connectivity index (χ3n) is 9.41. The summed E-state index contributed by atoms with van der Waals surface area (Å²) in [5, 5.41) is 4.91. The molecule has 1 saturated heterocycles. The first-order chi connectivity index (χ1) is 20.7. The number of ether oxygens (including phenoxy) is 3.